The second-order valence-corrected chi connectivity index (χ2v) is 6.36. The van der Waals surface area contributed by atoms with Gasteiger partial charge in [0.1, 0.15) is 0 Å². The Kier molecular flexibility index (Phi) is 3.39. The highest BCUT2D eigenvalue weighted by atomic mass is 15.4. The van der Waals surface area contributed by atoms with Crippen molar-refractivity contribution in [2.75, 3.05) is 26.2 Å². The topological polar surface area (TPSA) is 0 Å². The summed E-state index contributed by atoms with van der Waals surface area (Å²) in [4.78, 5) is 0. The van der Waals surface area contributed by atoms with Gasteiger partial charge in [0.2, 0.25) is 0 Å². The quantitative estimate of drug-likeness (QED) is 0.538. The minimum Gasteiger partial charge on any atom is -0.323 e. The lowest BCUT2D eigenvalue weighted by atomic mass is 9.84. The molecule has 2 heterocycles. The molecule has 3 unspecified atom stereocenters. The van der Waals surface area contributed by atoms with E-state index in [1.54, 1.807) is 0 Å². The Morgan fingerprint density at radius 3 is 2.13 bits per heavy atom. The van der Waals surface area contributed by atoms with Crippen LogP contribution in [0.3, 0.4) is 0 Å². The van der Waals surface area contributed by atoms with E-state index < -0.39 is 0 Å². The van der Waals surface area contributed by atoms with E-state index in [0.29, 0.717) is 0 Å². The van der Waals surface area contributed by atoms with Gasteiger partial charge in [0.15, 0.2) is 0 Å². The van der Waals surface area contributed by atoms with Gasteiger partial charge in [-0.1, -0.05) is 20.8 Å². The van der Waals surface area contributed by atoms with E-state index in [4.69, 9.17) is 0 Å². The SMILES string of the molecule is CC1CC[N+]2(CCCCC2)CC(C)C1C. The summed E-state index contributed by atoms with van der Waals surface area (Å²) in [5, 5.41) is 0. The van der Waals surface area contributed by atoms with Crippen LogP contribution in [0.1, 0.15) is 46.5 Å². The van der Waals surface area contributed by atoms with Crippen LogP contribution in [-0.2, 0) is 0 Å². The molecule has 2 saturated heterocycles. The lowest BCUT2D eigenvalue weighted by Gasteiger charge is -2.42. The zero-order valence-electron chi connectivity index (χ0n) is 10.8. The fourth-order valence-corrected chi connectivity index (χ4v) is 3.76. The molecule has 0 saturated carbocycles. The molecule has 3 atom stereocenters. The average molecular weight is 210 g/mol. The van der Waals surface area contributed by atoms with Crippen molar-refractivity contribution in [2.45, 2.75) is 46.5 Å². The third-order valence-electron chi connectivity index (χ3n) is 5.29. The standard InChI is InChI=1S/C14H28N/c1-12-7-10-15(8-5-4-6-9-15)11-13(2)14(12)3/h12-14H,4-11H2,1-3H3/q+1. The molecule has 0 radical (unpaired) electrons. The molecule has 0 aromatic heterocycles. The third-order valence-corrected chi connectivity index (χ3v) is 5.29. The summed E-state index contributed by atoms with van der Waals surface area (Å²) < 4.78 is 1.47. The van der Waals surface area contributed by atoms with Crippen molar-refractivity contribution in [3.63, 3.8) is 0 Å². The number of nitrogens with zero attached hydrogens (tertiary/aromatic N) is 1. The second kappa shape index (κ2) is 4.45. The monoisotopic (exact) mass is 210 g/mol. The molecule has 0 aromatic rings. The van der Waals surface area contributed by atoms with E-state index >= 15 is 0 Å². The van der Waals surface area contributed by atoms with Crippen LogP contribution in [0.25, 0.3) is 0 Å². The van der Waals surface area contributed by atoms with E-state index in [9.17, 15) is 0 Å². The van der Waals surface area contributed by atoms with Crippen LogP contribution in [0.15, 0.2) is 0 Å². The average Bonchev–Trinajstić information content (AvgIpc) is 2.34. The highest BCUT2D eigenvalue weighted by Crippen LogP contribution is 2.33. The van der Waals surface area contributed by atoms with Crippen molar-refractivity contribution < 1.29 is 4.48 Å². The zero-order chi connectivity index (χ0) is 10.9. The third kappa shape index (κ3) is 2.38. The Morgan fingerprint density at radius 2 is 1.47 bits per heavy atom. The second-order valence-electron chi connectivity index (χ2n) is 6.36. The van der Waals surface area contributed by atoms with Crippen LogP contribution in [0, 0.1) is 17.8 Å². The van der Waals surface area contributed by atoms with Gasteiger partial charge in [-0.05, 0) is 37.5 Å². The summed E-state index contributed by atoms with van der Waals surface area (Å²) >= 11 is 0. The predicted molar refractivity (Wildman–Crippen MR) is 65.7 cm³/mol. The van der Waals surface area contributed by atoms with Crippen molar-refractivity contribution in [3.8, 4) is 0 Å². The molecule has 2 aliphatic rings. The smallest absolute Gasteiger partial charge is 0.0815 e. The lowest BCUT2D eigenvalue weighted by Crippen LogP contribution is -2.53. The van der Waals surface area contributed by atoms with E-state index in [2.05, 4.69) is 20.8 Å². The Balaban J connectivity index is 2.07. The first-order valence-electron chi connectivity index (χ1n) is 6.98. The first-order valence-corrected chi connectivity index (χ1v) is 6.98. The largest absolute Gasteiger partial charge is 0.323 e. The van der Waals surface area contributed by atoms with Gasteiger partial charge in [-0.15, -0.1) is 0 Å². The van der Waals surface area contributed by atoms with Crippen LogP contribution in [0.5, 0.6) is 0 Å². The summed E-state index contributed by atoms with van der Waals surface area (Å²) in [6.45, 7) is 13.3. The number of piperidine rings is 1. The number of hydrogen-bond donors (Lipinski definition) is 0. The molecule has 0 N–H and O–H groups in total. The summed E-state index contributed by atoms with van der Waals surface area (Å²) in [6.07, 6.45) is 5.91. The molecule has 1 spiro atoms. The fourth-order valence-electron chi connectivity index (χ4n) is 3.76. The molecule has 15 heavy (non-hydrogen) atoms. The first kappa shape index (κ1) is 11.4. The van der Waals surface area contributed by atoms with Gasteiger partial charge in [0, 0.05) is 5.92 Å². The predicted octanol–water partition coefficient (Wildman–Crippen LogP) is 3.30. The summed E-state index contributed by atoms with van der Waals surface area (Å²) in [6, 6.07) is 0. The molecule has 0 amide bonds. The van der Waals surface area contributed by atoms with Crippen LogP contribution in [0.2, 0.25) is 0 Å². The van der Waals surface area contributed by atoms with Crippen molar-refractivity contribution in [1.82, 2.24) is 0 Å². The molecule has 0 bridgehead atoms. The maximum absolute atomic E-state index is 2.49. The lowest BCUT2D eigenvalue weighted by molar-refractivity contribution is -0.934. The molecule has 0 aliphatic carbocycles. The molecule has 88 valence electrons. The van der Waals surface area contributed by atoms with Crippen LogP contribution < -0.4 is 0 Å². The molecule has 0 aromatic carbocycles. The summed E-state index contributed by atoms with van der Waals surface area (Å²) in [7, 11) is 0. The molecule has 2 fully saturated rings. The zero-order valence-corrected chi connectivity index (χ0v) is 10.8. The van der Waals surface area contributed by atoms with Gasteiger partial charge in [-0.2, -0.15) is 0 Å². The normalized spacial score (nSPS) is 41.4. The Labute approximate surface area is 95.4 Å². The first-order chi connectivity index (χ1) is 7.13. The van der Waals surface area contributed by atoms with Gasteiger partial charge in [-0.3, -0.25) is 0 Å². The maximum Gasteiger partial charge on any atom is 0.0815 e. The Bertz CT molecular complexity index is 205. The molecular weight excluding hydrogens is 182 g/mol. The molecule has 1 nitrogen and oxygen atoms in total. The molecule has 1 heteroatoms. The minimum atomic E-state index is 0.931. The highest BCUT2D eigenvalue weighted by molar-refractivity contribution is 4.73. The van der Waals surface area contributed by atoms with E-state index in [1.165, 1.54) is 56.3 Å². The number of quaternary nitrogens is 1. The van der Waals surface area contributed by atoms with E-state index in [0.717, 1.165) is 17.8 Å². The fraction of sp³-hybridized carbons (Fsp3) is 1.00. The molecular formula is C14H28N+. The van der Waals surface area contributed by atoms with Gasteiger partial charge in [0.05, 0.1) is 26.2 Å². The molecule has 2 aliphatic heterocycles. The number of hydrogen-bond acceptors (Lipinski definition) is 0. The van der Waals surface area contributed by atoms with Crippen molar-refractivity contribution in [3.05, 3.63) is 0 Å². The van der Waals surface area contributed by atoms with Crippen molar-refractivity contribution >= 4 is 0 Å². The highest BCUT2D eigenvalue weighted by Gasteiger charge is 2.37. The van der Waals surface area contributed by atoms with E-state index in [-0.39, 0.29) is 0 Å². The number of rotatable bonds is 0. The Morgan fingerprint density at radius 1 is 0.800 bits per heavy atom. The van der Waals surface area contributed by atoms with Crippen molar-refractivity contribution in [2.24, 2.45) is 17.8 Å². The van der Waals surface area contributed by atoms with Crippen LogP contribution in [0.4, 0.5) is 0 Å². The Hall–Kier alpha value is -0.0400. The van der Waals surface area contributed by atoms with Gasteiger partial charge >= 0.3 is 0 Å². The van der Waals surface area contributed by atoms with E-state index in [1.807, 2.05) is 0 Å². The molecule has 2 rings (SSSR count). The maximum atomic E-state index is 2.49. The van der Waals surface area contributed by atoms with Gasteiger partial charge < -0.3 is 4.48 Å². The van der Waals surface area contributed by atoms with Crippen LogP contribution in [-0.4, -0.2) is 30.7 Å². The minimum absolute atomic E-state index is 0.931. The van der Waals surface area contributed by atoms with Crippen LogP contribution >= 0.6 is 0 Å². The van der Waals surface area contributed by atoms with Gasteiger partial charge in [0.25, 0.3) is 0 Å². The van der Waals surface area contributed by atoms with Gasteiger partial charge in [-0.25, -0.2) is 0 Å². The van der Waals surface area contributed by atoms with Crippen molar-refractivity contribution in [1.29, 1.82) is 0 Å². The summed E-state index contributed by atoms with van der Waals surface area (Å²) in [5.41, 5.74) is 0. The summed E-state index contributed by atoms with van der Waals surface area (Å²) in [5.74, 6) is 2.81.